The molecule has 8 nitrogen and oxygen atoms in total. The van der Waals surface area contributed by atoms with Crippen molar-refractivity contribution in [1.29, 1.82) is 0 Å². The number of alkyl carbamates (subject to hydrolysis) is 1. The van der Waals surface area contributed by atoms with Crippen molar-refractivity contribution in [3.8, 4) is 0 Å². The first-order valence-corrected chi connectivity index (χ1v) is 9.58. The normalized spacial score (nSPS) is 12.4. The van der Waals surface area contributed by atoms with E-state index < -0.39 is 17.2 Å². The summed E-state index contributed by atoms with van der Waals surface area (Å²) >= 11 is 0. The summed E-state index contributed by atoms with van der Waals surface area (Å²) in [7, 11) is 3.92. The Kier molecular flexibility index (Phi) is 8.53. The fourth-order valence-electron chi connectivity index (χ4n) is 2.39. The van der Waals surface area contributed by atoms with Crippen molar-refractivity contribution in [2.24, 2.45) is 4.99 Å². The van der Waals surface area contributed by atoms with Crippen molar-refractivity contribution in [1.82, 2.24) is 20.9 Å². The summed E-state index contributed by atoms with van der Waals surface area (Å²) in [6.45, 7) is 13.1. The van der Waals surface area contributed by atoms with Gasteiger partial charge in [0.25, 0.3) is 0 Å². The van der Waals surface area contributed by atoms with Gasteiger partial charge in [-0.25, -0.2) is 14.8 Å². The van der Waals surface area contributed by atoms with Crippen molar-refractivity contribution in [2.75, 3.05) is 32.1 Å². The maximum Gasteiger partial charge on any atom is 0.408 e. The van der Waals surface area contributed by atoms with E-state index in [0.717, 1.165) is 17.9 Å². The van der Waals surface area contributed by atoms with Gasteiger partial charge in [-0.3, -0.25) is 0 Å². The minimum absolute atomic E-state index is 0.438. The van der Waals surface area contributed by atoms with Gasteiger partial charge < -0.3 is 25.6 Å². The van der Waals surface area contributed by atoms with Crippen LogP contribution in [0.15, 0.2) is 23.3 Å². The van der Waals surface area contributed by atoms with E-state index in [1.54, 1.807) is 6.20 Å². The van der Waals surface area contributed by atoms with Gasteiger partial charge in [0.15, 0.2) is 5.96 Å². The Morgan fingerprint density at radius 2 is 1.89 bits per heavy atom. The zero-order valence-electron chi connectivity index (χ0n) is 18.5. The van der Waals surface area contributed by atoms with E-state index in [1.165, 1.54) is 0 Å². The van der Waals surface area contributed by atoms with Crippen LogP contribution in [-0.2, 0) is 11.3 Å². The third kappa shape index (κ3) is 8.92. The second-order valence-electron chi connectivity index (χ2n) is 8.44. The quantitative estimate of drug-likeness (QED) is 0.488. The van der Waals surface area contributed by atoms with E-state index >= 15 is 0 Å². The predicted molar refractivity (Wildman–Crippen MR) is 115 cm³/mol. The summed E-state index contributed by atoms with van der Waals surface area (Å²) < 4.78 is 5.33. The van der Waals surface area contributed by atoms with Crippen LogP contribution < -0.4 is 20.9 Å². The summed E-state index contributed by atoms with van der Waals surface area (Å²) in [6.07, 6.45) is 1.34. The zero-order valence-corrected chi connectivity index (χ0v) is 18.5. The van der Waals surface area contributed by atoms with E-state index in [9.17, 15) is 4.79 Å². The molecular weight excluding hydrogens is 356 g/mol. The third-order valence-corrected chi connectivity index (χ3v) is 3.58. The highest BCUT2D eigenvalue weighted by molar-refractivity contribution is 5.80. The first kappa shape index (κ1) is 23.5. The van der Waals surface area contributed by atoms with Crippen molar-refractivity contribution < 1.29 is 9.53 Å². The van der Waals surface area contributed by atoms with Crippen LogP contribution in [0.25, 0.3) is 0 Å². The summed E-state index contributed by atoms with van der Waals surface area (Å²) in [5, 5.41) is 9.39. The Hall–Kier alpha value is -2.51. The smallest absolute Gasteiger partial charge is 0.408 e. The van der Waals surface area contributed by atoms with Gasteiger partial charge in [-0.1, -0.05) is 6.07 Å². The fourth-order valence-corrected chi connectivity index (χ4v) is 2.39. The van der Waals surface area contributed by atoms with Gasteiger partial charge in [-0.15, -0.1) is 0 Å². The van der Waals surface area contributed by atoms with Crippen LogP contribution in [0.5, 0.6) is 0 Å². The molecule has 1 heterocycles. The van der Waals surface area contributed by atoms with Gasteiger partial charge in [-0.2, -0.15) is 0 Å². The number of ether oxygens (including phenoxy) is 1. The van der Waals surface area contributed by atoms with Crippen molar-refractivity contribution in [2.45, 2.75) is 59.2 Å². The van der Waals surface area contributed by atoms with Crippen molar-refractivity contribution in [3.05, 3.63) is 23.9 Å². The molecule has 0 aromatic carbocycles. The zero-order chi connectivity index (χ0) is 21.4. The number of pyridine rings is 1. The van der Waals surface area contributed by atoms with E-state index in [4.69, 9.17) is 4.74 Å². The Morgan fingerprint density at radius 1 is 1.21 bits per heavy atom. The van der Waals surface area contributed by atoms with Crippen LogP contribution in [0, 0.1) is 0 Å². The number of carbonyl (C=O) groups is 1. The van der Waals surface area contributed by atoms with Gasteiger partial charge in [0, 0.05) is 38.9 Å². The first-order valence-electron chi connectivity index (χ1n) is 9.58. The molecule has 158 valence electrons. The molecule has 0 saturated heterocycles. The van der Waals surface area contributed by atoms with Crippen LogP contribution in [0.3, 0.4) is 0 Å². The second-order valence-corrected chi connectivity index (χ2v) is 8.44. The lowest BCUT2D eigenvalue weighted by Gasteiger charge is -2.29. The molecule has 0 unspecified atom stereocenters. The molecule has 28 heavy (non-hydrogen) atoms. The molecule has 0 radical (unpaired) electrons. The SMILES string of the molecule is CCNC(=NCc1cccnc1N(C)C)NCC(C)(C)NC(=O)OC(C)(C)C. The molecule has 0 saturated carbocycles. The Bertz CT molecular complexity index is 665. The number of hydrogen-bond acceptors (Lipinski definition) is 5. The number of amides is 1. The number of nitrogens with zero attached hydrogens (tertiary/aromatic N) is 3. The molecule has 3 N–H and O–H groups in total. The highest BCUT2D eigenvalue weighted by Gasteiger charge is 2.24. The number of rotatable bonds is 7. The van der Waals surface area contributed by atoms with Crippen LogP contribution in [0.1, 0.15) is 47.1 Å². The molecule has 1 rings (SSSR count). The maximum absolute atomic E-state index is 12.0. The van der Waals surface area contributed by atoms with Crippen LogP contribution in [0.2, 0.25) is 0 Å². The third-order valence-electron chi connectivity index (χ3n) is 3.58. The largest absolute Gasteiger partial charge is 0.444 e. The molecule has 0 aliphatic heterocycles. The van der Waals surface area contributed by atoms with Crippen molar-refractivity contribution in [3.63, 3.8) is 0 Å². The highest BCUT2D eigenvalue weighted by Crippen LogP contribution is 2.15. The summed E-state index contributed by atoms with van der Waals surface area (Å²) in [4.78, 5) is 23.1. The monoisotopic (exact) mass is 392 g/mol. The summed E-state index contributed by atoms with van der Waals surface area (Å²) in [5.74, 6) is 1.57. The van der Waals surface area contributed by atoms with Gasteiger partial charge in [0.1, 0.15) is 11.4 Å². The topological polar surface area (TPSA) is 90.9 Å². The van der Waals surface area contributed by atoms with Gasteiger partial charge >= 0.3 is 6.09 Å². The minimum Gasteiger partial charge on any atom is -0.444 e. The molecule has 8 heteroatoms. The lowest BCUT2D eigenvalue weighted by Crippen LogP contribution is -2.54. The number of guanidine groups is 1. The number of hydrogen-bond donors (Lipinski definition) is 3. The number of anilines is 1. The fraction of sp³-hybridized carbons (Fsp3) is 0.650. The number of carbonyl (C=O) groups excluding carboxylic acids is 1. The van der Waals surface area contributed by atoms with E-state index in [1.807, 2.05) is 72.7 Å². The molecule has 1 aromatic heterocycles. The molecular formula is C20H36N6O2. The molecule has 1 aromatic rings. The summed E-state index contributed by atoms with van der Waals surface area (Å²) in [5.41, 5.74) is -0.00438. The second kappa shape index (κ2) is 10.1. The number of nitrogens with one attached hydrogen (secondary N) is 3. The Balaban J connectivity index is 2.74. The van der Waals surface area contributed by atoms with E-state index in [-0.39, 0.29) is 0 Å². The molecule has 0 aliphatic carbocycles. The molecule has 0 atom stereocenters. The van der Waals surface area contributed by atoms with Crippen LogP contribution in [0.4, 0.5) is 10.6 Å². The Labute approximate surface area is 169 Å². The average Bonchev–Trinajstić information content (AvgIpc) is 2.55. The predicted octanol–water partition coefficient (Wildman–Crippen LogP) is 2.51. The molecule has 0 bridgehead atoms. The van der Waals surface area contributed by atoms with Crippen LogP contribution in [-0.4, -0.2) is 55.4 Å². The lowest BCUT2D eigenvalue weighted by molar-refractivity contribution is 0.0474. The molecule has 0 spiro atoms. The Morgan fingerprint density at radius 3 is 2.46 bits per heavy atom. The first-order chi connectivity index (χ1) is 12.9. The van der Waals surface area contributed by atoms with Crippen molar-refractivity contribution >= 4 is 17.9 Å². The average molecular weight is 393 g/mol. The lowest BCUT2D eigenvalue weighted by atomic mass is 10.1. The molecule has 0 fully saturated rings. The van der Waals surface area contributed by atoms with Crippen LogP contribution >= 0.6 is 0 Å². The van der Waals surface area contributed by atoms with E-state index in [0.29, 0.717) is 19.0 Å². The van der Waals surface area contributed by atoms with Gasteiger partial charge in [0.05, 0.1) is 12.1 Å². The summed E-state index contributed by atoms with van der Waals surface area (Å²) in [6, 6.07) is 3.93. The highest BCUT2D eigenvalue weighted by atomic mass is 16.6. The molecule has 0 aliphatic rings. The maximum atomic E-state index is 12.0. The standard InChI is InChI=1S/C20H36N6O2/c1-9-21-17(23-13-15-11-10-12-22-16(15)26(7)8)24-14-20(5,6)25-18(27)28-19(2,3)4/h10-12H,9,13-14H2,1-8H3,(H,25,27)(H2,21,23,24). The number of aromatic nitrogens is 1. The van der Waals surface area contributed by atoms with Gasteiger partial charge in [0.2, 0.25) is 0 Å². The van der Waals surface area contributed by atoms with E-state index in [2.05, 4.69) is 25.9 Å². The minimum atomic E-state index is -0.530. The molecule has 1 amide bonds. The van der Waals surface area contributed by atoms with Gasteiger partial charge in [-0.05, 0) is 47.6 Å². The number of aliphatic imine (C=N–C) groups is 1.